The van der Waals surface area contributed by atoms with Crippen LogP contribution in [0.25, 0.3) is 11.1 Å². The molecule has 3 aromatic rings. The van der Waals surface area contributed by atoms with Crippen molar-refractivity contribution in [2.45, 2.75) is 19.9 Å². The Bertz CT molecular complexity index is 923. The van der Waals surface area contributed by atoms with Crippen LogP contribution < -0.4 is 11.3 Å². The van der Waals surface area contributed by atoms with Crippen LogP contribution >= 0.6 is 11.6 Å². The average Bonchev–Trinajstić information content (AvgIpc) is 2.73. The fraction of sp³-hybridized carbons (Fsp3) is 0.214. The summed E-state index contributed by atoms with van der Waals surface area (Å²) in [6.45, 7) is 2.05. The van der Waals surface area contributed by atoms with E-state index in [4.69, 9.17) is 16.0 Å². The number of rotatable bonds is 3. The average molecular weight is 306 g/mol. The zero-order chi connectivity index (χ0) is 15.0. The molecule has 0 aliphatic carbocycles. The number of oxazole rings is 1. The zero-order valence-electron chi connectivity index (χ0n) is 11.2. The van der Waals surface area contributed by atoms with E-state index in [2.05, 4.69) is 9.97 Å². The number of aromatic nitrogens is 3. The maximum atomic E-state index is 11.9. The van der Waals surface area contributed by atoms with Crippen molar-refractivity contribution in [2.75, 3.05) is 0 Å². The van der Waals surface area contributed by atoms with Crippen LogP contribution in [0, 0.1) is 0 Å². The molecule has 0 aliphatic rings. The highest BCUT2D eigenvalue weighted by Gasteiger charge is 2.11. The van der Waals surface area contributed by atoms with Crippen LogP contribution in [0.4, 0.5) is 0 Å². The largest absolute Gasteiger partial charge is 0.420 e. The minimum Gasteiger partial charge on any atom is -0.408 e. The molecular weight excluding hydrogens is 294 g/mol. The molecule has 1 N–H and O–H groups in total. The van der Waals surface area contributed by atoms with E-state index in [-0.39, 0.29) is 12.1 Å². The summed E-state index contributed by atoms with van der Waals surface area (Å²) in [5.41, 5.74) is 1.45. The minimum absolute atomic E-state index is 0.135. The molecule has 3 rings (SSSR count). The Balaban J connectivity index is 2.10. The smallest absolute Gasteiger partial charge is 0.408 e. The van der Waals surface area contributed by atoms with Crippen LogP contribution in [-0.4, -0.2) is 14.5 Å². The first-order chi connectivity index (χ1) is 10.1. The quantitative estimate of drug-likeness (QED) is 0.802. The first kappa shape index (κ1) is 13.6. The van der Waals surface area contributed by atoms with Crippen molar-refractivity contribution in [2.24, 2.45) is 0 Å². The normalized spacial score (nSPS) is 11.1. The Morgan fingerprint density at radius 3 is 2.90 bits per heavy atom. The highest BCUT2D eigenvalue weighted by Crippen LogP contribution is 2.18. The van der Waals surface area contributed by atoms with E-state index >= 15 is 0 Å². The molecule has 108 valence electrons. The minimum atomic E-state index is -0.517. The summed E-state index contributed by atoms with van der Waals surface area (Å²) in [5, 5.41) is 0.489. The van der Waals surface area contributed by atoms with Crippen molar-refractivity contribution in [1.29, 1.82) is 0 Å². The van der Waals surface area contributed by atoms with E-state index in [1.807, 2.05) is 6.92 Å². The molecule has 6 nitrogen and oxygen atoms in total. The number of hydrogen-bond acceptors (Lipinski definition) is 4. The van der Waals surface area contributed by atoms with Crippen molar-refractivity contribution in [1.82, 2.24) is 14.5 Å². The molecule has 2 heterocycles. The van der Waals surface area contributed by atoms with Gasteiger partial charge in [0.2, 0.25) is 0 Å². The number of aryl methyl sites for hydroxylation is 1. The van der Waals surface area contributed by atoms with Crippen molar-refractivity contribution in [3.63, 3.8) is 0 Å². The second kappa shape index (κ2) is 5.21. The van der Waals surface area contributed by atoms with E-state index in [9.17, 15) is 9.59 Å². The monoisotopic (exact) mass is 305 g/mol. The summed E-state index contributed by atoms with van der Waals surface area (Å²) >= 11 is 5.87. The van der Waals surface area contributed by atoms with Crippen molar-refractivity contribution in [3.05, 3.63) is 61.7 Å². The summed E-state index contributed by atoms with van der Waals surface area (Å²) < 4.78 is 6.55. The van der Waals surface area contributed by atoms with Crippen LogP contribution in [0.2, 0.25) is 5.02 Å². The summed E-state index contributed by atoms with van der Waals surface area (Å²) in [7, 11) is 0. The molecule has 1 aromatic carbocycles. The molecule has 0 atom stereocenters. The zero-order valence-corrected chi connectivity index (χ0v) is 12.0. The lowest BCUT2D eigenvalue weighted by molar-refractivity contribution is 0.513. The maximum absolute atomic E-state index is 11.9. The van der Waals surface area contributed by atoms with Crippen LogP contribution in [0.5, 0.6) is 0 Å². The molecule has 0 saturated heterocycles. The SMILES string of the molecule is CCc1cc(=O)[nH]c(Cn2c(=O)oc3cc(Cl)ccc32)n1. The van der Waals surface area contributed by atoms with Crippen LogP contribution in [0.15, 0.2) is 38.3 Å². The molecule has 0 fully saturated rings. The standard InChI is InChI=1S/C14H12ClN3O3/c1-2-9-6-13(19)17-12(16-9)7-18-10-4-3-8(15)5-11(10)21-14(18)20/h3-6H,2,7H2,1H3,(H,16,17,19). The Labute approximate surface area is 124 Å². The molecule has 0 radical (unpaired) electrons. The van der Waals surface area contributed by atoms with Gasteiger partial charge < -0.3 is 9.40 Å². The fourth-order valence-electron chi connectivity index (χ4n) is 2.16. The van der Waals surface area contributed by atoms with E-state index in [0.29, 0.717) is 34.1 Å². The van der Waals surface area contributed by atoms with Gasteiger partial charge in [-0.1, -0.05) is 18.5 Å². The molecule has 0 spiro atoms. The van der Waals surface area contributed by atoms with Gasteiger partial charge >= 0.3 is 5.76 Å². The first-order valence-corrected chi connectivity index (χ1v) is 6.82. The van der Waals surface area contributed by atoms with Crippen LogP contribution in [0.1, 0.15) is 18.4 Å². The molecule has 0 unspecified atom stereocenters. The number of H-pyrrole nitrogens is 1. The molecule has 0 saturated carbocycles. The molecule has 0 aliphatic heterocycles. The Morgan fingerprint density at radius 1 is 1.33 bits per heavy atom. The number of benzene rings is 1. The van der Waals surface area contributed by atoms with Gasteiger partial charge in [0, 0.05) is 22.8 Å². The number of aromatic amines is 1. The lowest BCUT2D eigenvalue weighted by atomic mass is 10.3. The van der Waals surface area contributed by atoms with Gasteiger partial charge in [0.1, 0.15) is 5.82 Å². The van der Waals surface area contributed by atoms with Gasteiger partial charge in [-0.15, -0.1) is 0 Å². The first-order valence-electron chi connectivity index (χ1n) is 6.45. The number of nitrogens with zero attached hydrogens (tertiary/aromatic N) is 2. The van der Waals surface area contributed by atoms with Crippen molar-refractivity contribution in [3.8, 4) is 0 Å². The van der Waals surface area contributed by atoms with Crippen molar-refractivity contribution < 1.29 is 4.42 Å². The summed E-state index contributed by atoms with van der Waals surface area (Å²) in [6, 6.07) is 6.39. The van der Waals surface area contributed by atoms with Gasteiger partial charge in [0.25, 0.3) is 5.56 Å². The summed E-state index contributed by atoms with van der Waals surface area (Å²) in [5.74, 6) is -0.101. The molecule has 21 heavy (non-hydrogen) atoms. The van der Waals surface area contributed by atoms with E-state index in [1.165, 1.54) is 10.6 Å². The predicted octanol–water partition coefficient (Wildman–Crippen LogP) is 1.94. The molecule has 7 heteroatoms. The topological polar surface area (TPSA) is 80.9 Å². The molecule has 2 aromatic heterocycles. The second-order valence-corrected chi connectivity index (χ2v) is 5.04. The fourth-order valence-corrected chi connectivity index (χ4v) is 2.32. The third-order valence-electron chi connectivity index (χ3n) is 3.14. The Morgan fingerprint density at radius 2 is 2.14 bits per heavy atom. The van der Waals surface area contributed by atoms with E-state index in [0.717, 1.165) is 0 Å². The highest BCUT2D eigenvalue weighted by atomic mass is 35.5. The van der Waals surface area contributed by atoms with Gasteiger partial charge in [-0.2, -0.15) is 0 Å². The lowest BCUT2D eigenvalue weighted by Gasteiger charge is -2.03. The number of nitrogens with one attached hydrogen (secondary N) is 1. The van der Waals surface area contributed by atoms with Gasteiger partial charge in [0.05, 0.1) is 12.1 Å². The molecule has 0 amide bonds. The molecule has 0 bridgehead atoms. The van der Waals surface area contributed by atoms with Crippen LogP contribution in [-0.2, 0) is 13.0 Å². The van der Waals surface area contributed by atoms with Crippen molar-refractivity contribution >= 4 is 22.7 Å². The maximum Gasteiger partial charge on any atom is 0.420 e. The Hall–Kier alpha value is -2.34. The van der Waals surface area contributed by atoms with Gasteiger partial charge in [0.15, 0.2) is 5.58 Å². The lowest BCUT2D eigenvalue weighted by Crippen LogP contribution is -2.20. The number of hydrogen-bond donors (Lipinski definition) is 1. The predicted molar refractivity (Wildman–Crippen MR) is 78.8 cm³/mol. The number of fused-ring (bicyclic) bond motifs is 1. The van der Waals surface area contributed by atoms with E-state index in [1.54, 1.807) is 18.2 Å². The molecular formula is C14H12ClN3O3. The highest BCUT2D eigenvalue weighted by molar-refractivity contribution is 6.31. The third-order valence-corrected chi connectivity index (χ3v) is 3.38. The Kier molecular flexibility index (Phi) is 3.39. The van der Waals surface area contributed by atoms with Gasteiger partial charge in [-0.05, 0) is 18.6 Å². The summed E-state index contributed by atoms with van der Waals surface area (Å²) in [6.07, 6.45) is 0.646. The number of halogens is 1. The third kappa shape index (κ3) is 2.62. The van der Waals surface area contributed by atoms with Gasteiger partial charge in [-0.25, -0.2) is 9.78 Å². The summed E-state index contributed by atoms with van der Waals surface area (Å²) in [4.78, 5) is 30.4. The van der Waals surface area contributed by atoms with Crippen LogP contribution in [0.3, 0.4) is 0 Å². The van der Waals surface area contributed by atoms with Gasteiger partial charge in [-0.3, -0.25) is 9.36 Å². The van der Waals surface area contributed by atoms with E-state index < -0.39 is 5.76 Å². The second-order valence-electron chi connectivity index (χ2n) is 4.60.